The Kier molecular flexibility index (Phi) is 6.54. The molecule has 0 N–H and O–H groups in total. The van der Waals surface area contributed by atoms with E-state index in [0.717, 1.165) is 18.4 Å². The summed E-state index contributed by atoms with van der Waals surface area (Å²) in [4.78, 5) is 10.1. The minimum atomic E-state index is 0.504. The minimum absolute atomic E-state index is 0.504. The van der Waals surface area contributed by atoms with Crippen LogP contribution in [0.5, 0.6) is 0 Å². The molecule has 0 radical (unpaired) electrons. The number of rotatable bonds is 8. The van der Waals surface area contributed by atoms with Crippen molar-refractivity contribution in [1.29, 1.82) is 0 Å². The van der Waals surface area contributed by atoms with Crippen LogP contribution in [0.1, 0.15) is 30.9 Å². The van der Waals surface area contributed by atoms with Crippen LogP contribution < -0.4 is 0 Å². The van der Waals surface area contributed by atoms with Gasteiger partial charge in [-0.2, -0.15) is 0 Å². The largest absolute Gasteiger partial charge is 0.236 e. The average Bonchev–Trinajstić information content (AvgIpc) is 2.31. The molecular weight excluding hydrogens is 200 g/mol. The monoisotopic (exact) mass is 220 g/mol. The topological polar surface area (TPSA) is 18.5 Å². The van der Waals surface area contributed by atoms with Gasteiger partial charge in [0.05, 0.1) is 6.61 Å². The number of hydrogen-bond donors (Lipinski definition) is 0. The number of aryl methyl sites for hydroxylation is 1. The Bertz CT molecular complexity index is 290. The van der Waals surface area contributed by atoms with Crippen LogP contribution in [0, 0.1) is 0 Å². The maximum Gasteiger partial charge on any atom is 0.107 e. The van der Waals surface area contributed by atoms with Crippen LogP contribution in [0.3, 0.4) is 0 Å². The van der Waals surface area contributed by atoms with E-state index in [2.05, 4.69) is 37.8 Å². The lowest BCUT2D eigenvalue weighted by Crippen LogP contribution is -1.96. The highest BCUT2D eigenvalue weighted by molar-refractivity contribution is 5.21. The molecule has 0 aliphatic carbocycles. The Morgan fingerprint density at radius 2 is 1.81 bits per heavy atom. The highest BCUT2D eigenvalue weighted by Gasteiger charge is 1.95. The Morgan fingerprint density at radius 3 is 2.44 bits per heavy atom. The third-order valence-electron chi connectivity index (χ3n) is 2.28. The second-order valence-electron chi connectivity index (χ2n) is 3.73. The van der Waals surface area contributed by atoms with Crippen molar-refractivity contribution in [3.63, 3.8) is 0 Å². The van der Waals surface area contributed by atoms with Crippen molar-refractivity contribution >= 4 is 0 Å². The highest BCUT2D eigenvalue weighted by Crippen LogP contribution is 2.07. The van der Waals surface area contributed by atoms with E-state index >= 15 is 0 Å². The van der Waals surface area contributed by atoms with E-state index in [0.29, 0.717) is 13.2 Å². The third-order valence-corrected chi connectivity index (χ3v) is 2.28. The Hall–Kier alpha value is -1.12. The lowest BCUT2D eigenvalue weighted by Gasteiger charge is -2.04. The van der Waals surface area contributed by atoms with Gasteiger partial charge < -0.3 is 0 Å². The summed E-state index contributed by atoms with van der Waals surface area (Å²) in [7, 11) is 0. The second kappa shape index (κ2) is 8.08. The molecule has 0 heterocycles. The molecule has 0 spiro atoms. The van der Waals surface area contributed by atoms with Crippen molar-refractivity contribution in [2.75, 3.05) is 6.61 Å². The van der Waals surface area contributed by atoms with E-state index in [1.807, 2.05) is 6.08 Å². The molecule has 2 heteroatoms. The summed E-state index contributed by atoms with van der Waals surface area (Å²) in [5.41, 5.74) is 2.51. The summed E-state index contributed by atoms with van der Waals surface area (Å²) in [6.45, 7) is 6.86. The molecule has 0 unspecified atom stereocenters. The maximum absolute atomic E-state index is 5.07. The molecule has 2 nitrogen and oxygen atoms in total. The molecule has 1 aromatic carbocycles. The smallest absolute Gasteiger partial charge is 0.107 e. The zero-order valence-corrected chi connectivity index (χ0v) is 9.95. The molecule has 0 aliphatic heterocycles. The first-order valence-electron chi connectivity index (χ1n) is 5.80. The predicted octanol–water partition coefficient (Wildman–Crippen LogP) is 3.66. The van der Waals surface area contributed by atoms with Crippen molar-refractivity contribution in [2.24, 2.45) is 0 Å². The molecule has 88 valence electrons. The zero-order chi connectivity index (χ0) is 11.6. The Morgan fingerprint density at radius 1 is 1.12 bits per heavy atom. The van der Waals surface area contributed by atoms with Crippen molar-refractivity contribution < 1.29 is 9.78 Å². The van der Waals surface area contributed by atoms with E-state index in [9.17, 15) is 0 Å². The van der Waals surface area contributed by atoms with Gasteiger partial charge in [-0.05, 0) is 24.0 Å². The molecule has 0 saturated carbocycles. The predicted molar refractivity (Wildman–Crippen MR) is 66.0 cm³/mol. The fourth-order valence-corrected chi connectivity index (χ4v) is 1.39. The molecule has 0 atom stereocenters. The van der Waals surface area contributed by atoms with Crippen LogP contribution in [0.25, 0.3) is 0 Å². The van der Waals surface area contributed by atoms with Gasteiger partial charge in [0.25, 0.3) is 0 Å². The molecule has 1 aromatic rings. The average molecular weight is 220 g/mol. The summed E-state index contributed by atoms with van der Waals surface area (Å²) >= 11 is 0. The summed E-state index contributed by atoms with van der Waals surface area (Å²) < 4.78 is 0. The zero-order valence-electron chi connectivity index (χ0n) is 9.95. The second-order valence-corrected chi connectivity index (χ2v) is 3.73. The van der Waals surface area contributed by atoms with E-state index in [1.54, 1.807) is 0 Å². The van der Waals surface area contributed by atoms with Gasteiger partial charge in [0.15, 0.2) is 0 Å². The normalized spacial score (nSPS) is 10.3. The Labute approximate surface area is 97.8 Å². The lowest BCUT2D eigenvalue weighted by molar-refractivity contribution is -0.302. The van der Waals surface area contributed by atoms with Crippen LogP contribution in [-0.4, -0.2) is 6.61 Å². The first-order chi connectivity index (χ1) is 7.86. The lowest BCUT2D eigenvalue weighted by atomic mass is 10.1. The van der Waals surface area contributed by atoms with Gasteiger partial charge in [0, 0.05) is 0 Å². The van der Waals surface area contributed by atoms with Crippen molar-refractivity contribution in [2.45, 2.75) is 32.8 Å². The van der Waals surface area contributed by atoms with Gasteiger partial charge in [-0.1, -0.05) is 43.7 Å². The summed E-state index contributed by atoms with van der Waals surface area (Å²) in [5.74, 6) is 0. The van der Waals surface area contributed by atoms with Gasteiger partial charge in [0.1, 0.15) is 6.61 Å². The van der Waals surface area contributed by atoms with Crippen LogP contribution in [-0.2, 0) is 22.8 Å². The van der Waals surface area contributed by atoms with Gasteiger partial charge in [-0.3, -0.25) is 0 Å². The van der Waals surface area contributed by atoms with Crippen molar-refractivity contribution in [3.8, 4) is 0 Å². The molecule has 0 aromatic heterocycles. The Balaban J connectivity index is 2.23. The number of hydrogen-bond acceptors (Lipinski definition) is 2. The third kappa shape index (κ3) is 5.10. The molecule has 0 fully saturated rings. The van der Waals surface area contributed by atoms with E-state index < -0.39 is 0 Å². The minimum Gasteiger partial charge on any atom is -0.236 e. The fourth-order valence-electron chi connectivity index (χ4n) is 1.39. The summed E-state index contributed by atoms with van der Waals surface area (Å²) in [6, 6.07) is 8.46. The fraction of sp³-hybridized carbons (Fsp3) is 0.429. The molecule has 1 rings (SSSR count). The molecule has 0 amide bonds. The van der Waals surface area contributed by atoms with Crippen LogP contribution in [0.15, 0.2) is 36.9 Å². The van der Waals surface area contributed by atoms with E-state index in [1.165, 1.54) is 12.0 Å². The van der Waals surface area contributed by atoms with Gasteiger partial charge in [-0.15, -0.1) is 6.58 Å². The SMILES string of the molecule is C=CCCOOCc1ccc(CCC)cc1. The molecule has 0 aliphatic rings. The van der Waals surface area contributed by atoms with Gasteiger partial charge in [0.2, 0.25) is 0 Å². The van der Waals surface area contributed by atoms with Gasteiger partial charge >= 0.3 is 0 Å². The van der Waals surface area contributed by atoms with E-state index in [-0.39, 0.29) is 0 Å². The first-order valence-corrected chi connectivity index (χ1v) is 5.80. The molecular formula is C14H20O2. The van der Waals surface area contributed by atoms with Crippen LogP contribution in [0.2, 0.25) is 0 Å². The molecule has 16 heavy (non-hydrogen) atoms. The quantitative estimate of drug-likeness (QED) is 0.288. The van der Waals surface area contributed by atoms with Crippen molar-refractivity contribution in [1.82, 2.24) is 0 Å². The molecule has 0 saturated heterocycles. The maximum atomic E-state index is 5.07. The standard InChI is InChI=1S/C14H20O2/c1-3-5-11-15-16-12-14-9-7-13(6-4-2)8-10-14/h3,7-10H,1,4-6,11-12H2,2H3. The summed E-state index contributed by atoms with van der Waals surface area (Å²) in [5, 5.41) is 0. The highest BCUT2D eigenvalue weighted by atomic mass is 17.2. The van der Waals surface area contributed by atoms with Gasteiger partial charge in [-0.25, -0.2) is 9.78 Å². The van der Waals surface area contributed by atoms with Crippen molar-refractivity contribution in [3.05, 3.63) is 48.0 Å². The first kappa shape index (κ1) is 12.9. The van der Waals surface area contributed by atoms with E-state index in [4.69, 9.17) is 9.78 Å². The molecule has 0 bridgehead atoms. The summed E-state index contributed by atoms with van der Waals surface area (Å²) in [6.07, 6.45) is 4.94. The number of benzene rings is 1. The van der Waals surface area contributed by atoms with Crippen LogP contribution in [0.4, 0.5) is 0 Å². The van der Waals surface area contributed by atoms with Crippen LogP contribution >= 0.6 is 0 Å².